The first-order valence-electron chi connectivity index (χ1n) is 6.72. The van der Waals surface area contributed by atoms with Gasteiger partial charge in [-0.05, 0) is 13.3 Å². The zero-order valence-electron chi connectivity index (χ0n) is 11.7. The van der Waals surface area contributed by atoms with Gasteiger partial charge in [-0.15, -0.1) is 0 Å². The Hall–Kier alpha value is -1.85. The van der Waals surface area contributed by atoms with Gasteiger partial charge in [-0.2, -0.15) is 0 Å². The number of carbonyl (C=O) groups excluding carboxylic acids is 1. The van der Waals surface area contributed by atoms with Gasteiger partial charge in [0.05, 0.1) is 6.04 Å². The summed E-state index contributed by atoms with van der Waals surface area (Å²) >= 11 is 0. The lowest BCUT2D eigenvalue weighted by Crippen LogP contribution is -2.24. The van der Waals surface area contributed by atoms with E-state index in [4.69, 9.17) is 0 Å². The van der Waals surface area contributed by atoms with E-state index < -0.39 is 0 Å². The third-order valence-corrected chi connectivity index (χ3v) is 3.22. The van der Waals surface area contributed by atoms with E-state index in [9.17, 15) is 4.79 Å². The summed E-state index contributed by atoms with van der Waals surface area (Å²) in [4.78, 5) is 20.3. The van der Waals surface area contributed by atoms with Crippen LogP contribution < -0.4 is 16.0 Å². The second-order valence-corrected chi connectivity index (χ2v) is 4.81. The van der Waals surface area contributed by atoms with Crippen molar-refractivity contribution in [1.82, 2.24) is 15.3 Å². The Kier molecular flexibility index (Phi) is 4.19. The molecule has 0 spiro atoms. The molecular formula is C13H21N5O. The van der Waals surface area contributed by atoms with Crippen molar-refractivity contribution in [2.24, 2.45) is 0 Å². The van der Waals surface area contributed by atoms with Crippen molar-refractivity contribution in [2.45, 2.75) is 39.2 Å². The van der Waals surface area contributed by atoms with Crippen molar-refractivity contribution < 1.29 is 4.79 Å². The van der Waals surface area contributed by atoms with E-state index in [1.54, 1.807) is 0 Å². The van der Waals surface area contributed by atoms with Crippen LogP contribution in [0.25, 0.3) is 0 Å². The average Bonchev–Trinajstić information content (AvgIpc) is 2.79. The summed E-state index contributed by atoms with van der Waals surface area (Å²) in [5.74, 6) is 2.59. The molecule has 104 valence electrons. The van der Waals surface area contributed by atoms with Crippen LogP contribution in [0.15, 0.2) is 0 Å². The maximum Gasteiger partial charge on any atom is 0.222 e. The molecule has 1 unspecified atom stereocenters. The van der Waals surface area contributed by atoms with Crippen LogP contribution in [0.4, 0.5) is 11.6 Å². The minimum Gasteiger partial charge on any atom is -0.373 e. The molecule has 0 aromatic carbocycles. The summed E-state index contributed by atoms with van der Waals surface area (Å²) in [5.41, 5.74) is 0.988. The van der Waals surface area contributed by atoms with Crippen molar-refractivity contribution in [2.75, 3.05) is 24.2 Å². The van der Waals surface area contributed by atoms with Crippen LogP contribution in [0, 0.1) is 6.92 Å². The molecule has 3 N–H and O–H groups in total. The minimum atomic E-state index is 0.0897. The van der Waals surface area contributed by atoms with E-state index in [0.717, 1.165) is 35.9 Å². The maximum absolute atomic E-state index is 11.2. The molecule has 19 heavy (non-hydrogen) atoms. The van der Waals surface area contributed by atoms with Crippen LogP contribution in [0.2, 0.25) is 0 Å². The van der Waals surface area contributed by atoms with Crippen LogP contribution in [0.3, 0.4) is 0 Å². The molecule has 1 saturated heterocycles. The maximum atomic E-state index is 11.2. The third-order valence-electron chi connectivity index (χ3n) is 3.22. The topological polar surface area (TPSA) is 78.9 Å². The standard InChI is InChI=1S/C13H21N5O/c1-4-5-10-17-12(14-3)8(2)13(18-10)16-9-6-11(19)15-7-9/h9H,4-7H2,1-3H3,(H,15,19)(H2,14,16,17,18). The predicted molar refractivity (Wildman–Crippen MR) is 75.3 cm³/mol. The molecule has 2 rings (SSSR count). The number of nitrogens with zero attached hydrogens (tertiary/aromatic N) is 2. The Morgan fingerprint density at radius 1 is 1.37 bits per heavy atom. The minimum absolute atomic E-state index is 0.0897. The molecule has 1 atom stereocenters. The fraction of sp³-hybridized carbons (Fsp3) is 0.615. The number of aryl methyl sites for hydroxylation is 1. The Labute approximate surface area is 113 Å². The first kappa shape index (κ1) is 13.6. The highest BCUT2D eigenvalue weighted by molar-refractivity contribution is 5.79. The quantitative estimate of drug-likeness (QED) is 0.741. The highest BCUT2D eigenvalue weighted by Crippen LogP contribution is 2.21. The normalized spacial score (nSPS) is 18.3. The summed E-state index contributed by atoms with van der Waals surface area (Å²) in [6, 6.07) is 0.111. The molecule has 0 aliphatic carbocycles. The molecule has 1 amide bonds. The number of amides is 1. The average molecular weight is 263 g/mol. The van der Waals surface area contributed by atoms with E-state index in [1.165, 1.54) is 0 Å². The number of carbonyl (C=O) groups is 1. The largest absolute Gasteiger partial charge is 0.373 e. The van der Waals surface area contributed by atoms with E-state index >= 15 is 0 Å². The molecule has 1 aromatic rings. The monoisotopic (exact) mass is 263 g/mol. The van der Waals surface area contributed by atoms with Crippen LogP contribution >= 0.6 is 0 Å². The zero-order chi connectivity index (χ0) is 13.8. The fourth-order valence-corrected chi connectivity index (χ4v) is 2.18. The van der Waals surface area contributed by atoms with Crippen molar-refractivity contribution in [1.29, 1.82) is 0 Å². The molecule has 6 nitrogen and oxygen atoms in total. The molecule has 1 aliphatic rings. The molecular weight excluding hydrogens is 242 g/mol. The summed E-state index contributed by atoms with van der Waals surface area (Å²) in [6.45, 7) is 4.74. The van der Waals surface area contributed by atoms with Gasteiger partial charge in [-0.3, -0.25) is 4.79 Å². The Morgan fingerprint density at radius 3 is 2.68 bits per heavy atom. The summed E-state index contributed by atoms with van der Waals surface area (Å²) in [7, 11) is 1.86. The first-order chi connectivity index (χ1) is 9.13. The molecule has 0 saturated carbocycles. The summed E-state index contributed by atoms with van der Waals surface area (Å²) in [6.07, 6.45) is 2.36. The Balaban J connectivity index is 2.22. The van der Waals surface area contributed by atoms with E-state index in [1.807, 2.05) is 14.0 Å². The molecule has 6 heteroatoms. The third kappa shape index (κ3) is 3.13. The van der Waals surface area contributed by atoms with Gasteiger partial charge in [0, 0.05) is 32.0 Å². The SMILES string of the molecule is CCCc1nc(NC)c(C)c(NC2CNC(=O)C2)n1. The van der Waals surface area contributed by atoms with Gasteiger partial charge in [0.25, 0.3) is 0 Å². The number of nitrogens with one attached hydrogen (secondary N) is 3. The number of aromatic nitrogens is 2. The molecule has 1 fully saturated rings. The van der Waals surface area contributed by atoms with Crippen LogP contribution in [0.1, 0.15) is 31.2 Å². The van der Waals surface area contributed by atoms with Gasteiger partial charge < -0.3 is 16.0 Å². The Morgan fingerprint density at radius 2 is 2.11 bits per heavy atom. The van der Waals surface area contributed by atoms with Crippen molar-refractivity contribution in [3.8, 4) is 0 Å². The van der Waals surface area contributed by atoms with Crippen molar-refractivity contribution in [3.05, 3.63) is 11.4 Å². The van der Waals surface area contributed by atoms with E-state index in [2.05, 4.69) is 32.8 Å². The predicted octanol–water partition coefficient (Wildman–Crippen LogP) is 1.08. The van der Waals surface area contributed by atoms with Gasteiger partial charge in [-0.1, -0.05) is 6.92 Å². The molecule has 1 aromatic heterocycles. The molecule has 0 bridgehead atoms. The van der Waals surface area contributed by atoms with E-state index in [-0.39, 0.29) is 11.9 Å². The highest BCUT2D eigenvalue weighted by atomic mass is 16.1. The number of hydrogen-bond acceptors (Lipinski definition) is 5. The molecule has 0 radical (unpaired) electrons. The Bertz CT molecular complexity index is 474. The highest BCUT2D eigenvalue weighted by Gasteiger charge is 2.22. The second kappa shape index (κ2) is 5.86. The van der Waals surface area contributed by atoms with Gasteiger partial charge in [0.15, 0.2) is 0 Å². The van der Waals surface area contributed by atoms with Crippen LogP contribution in [-0.4, -0.2) is 35.5 Å². The lowest BCUT2D eigenvalue weighted by Gasteiger charge is -2.16. The lowest BCUT2D eigenvalue weighted by molar-refractivity contribution is -0.119. The van der Waals surface area contributed by atoms with E-state index in [0.29, 0.717) is 13.0 Å². The zero-order valence-corrected chi connectivity index (χ0v) is 11.7. The fourth-order valence-electron chi connectivity index (χ4n) is 2.18. The van der Waals surface area contributed by atoms with Crippen LogP contribution in [0.5, 0.6) is 0 Å². The van der Waals surface area contributed by atoms with Crippen molar-refractivity contribution in [3.63, 3.8) is 0 Å². The number of hydrogen-bond donors (Lipinski definition) is 3. The second-order valence-electron chi connectivity index (χ2n) is 4.81. The van der Waals surface area contributed by atoms with Gasteiger partial charge in [0.1, 0.15) is 17.5 Å². The first-order valence-corrected chi connectivity index (χ1v) is 6.72. The molecule has 1 aliphatic heterocycles. The lowest BCUT2D eigenvalue weighted by atomic mass is 10.2. The van der Waals surface area contributed by atoms with Gasteiger partial charge in [0.2, 0.25) is 5.91 Å². The van der Waals surface area contributed by atoms with Crippen molar-refractivity contribution >= 4 is 17.5 Å². The van der Waals surface area contributed by atoms with Gasteiger partial charge in [-0.25, -0.2) is 9.97 Å². The van der Waals surface area contributed by atoms with Crippen LogP contribution in [-0.2, 0) is 11.2 Å². The number of anilines is 2. The summed E-state index contributed by atoms with van der Waals surface area (Å²) < 4.78 is 0. The molecule has 2 heterocycles. The number of rotatable bonds is 5. The van der Waals surface area contributed by atoms with Gasteiger partial charge >= 0.3 is 0 Å². The smallest absolute Gasteiger partial charge is 0.222 e. The summed E-state index contributed by atoms with van der Waals surface area (Å²) in [5, 5.41) is 9.25.